The van der Waals surface area contributed by atoms with Crippen LogP contribution in [0.1, 0.15) is 27.2 Å². The molecule has 0 aliphatic carbocycles. The molecule has 12 heavy (non-hydrogen) atoms. The highest BCUT2D eigenvalue weighted by molar-refractivity contribution is 7.99. The molecular formula is C9H18N2S. The highest BCUT2D eigenvalue weighted by atomic mass is 32.2. The van der Waals surface area contributed by atoms with E-state index in [-0.39, 0.29) is 6.04 Å². The first kappa shape index (κ1) is 11.8. The molecule has 0 aromatic rings. The van der Waals surface area contributed by atoms with Gasteiger partial charge in [0.25, 0.3) is 0 Å². The first-order valence-electron chi connectivity index (χ1n) is 4.34. The number of hydrogen-bond acceptors (Lipinski definition) is 3. The second-order valence-electron chi connectivity index (χ2n) is 3.34. The number of nitrogens with two attached hydrogens (primary N) is 1. The van der Waals surface area contributed by atoms with Gasteiger partial charge in [0.1, 0.15) is 0 Å². The molecule has 70 valence electrons. The van der Waals surface area contributed by atoms with Gasteiger partial charge in [-0.25, -0.2) is 0 Å². The minimum absolute atomic E-state index is 0.281. The predicted octanol–water partition coefficient (Wildman–Crippen LogP) is 2.01. The maximum Gasteiger partial charge on any atom is 0.0935 e. The average molecular weight is 186 g/mol. The van der Waals surface area contributed by atoms with Crippen molar-refractivity contribution >= 4 is 11.8 Å². The topological polar surface area (TPSA) is 49.8 Å². The van der Waals surface area contributed by atoms with E-state index in [4.69, 9.17) is 11.0 Å². The molecule has 0 fully saturated rings. The Morgan fingerprint density at radius 2 is 2.00 bits per heavy atom. The molecule has 0 heterocycles. The molecule has 0 aromatic heterocycles. The Kier molecular flexibility index (Phi) is 6.23. The van der Waals surface area contributed by atoms with Crippen molar-refractivity contribution in [3.8, 4) is 6.07 Å². The minimum atomic E-state index is -0.281. The molecule has 0 rings (SSSR count). The predicted molar refractivity (Wildman–Crippen MR) is 55.0 cm³/mol. The zero-order valence-electron chi connectivity index (χ0n) is 8.08. The molecule has 2 atom stereocenters. The van der Waals surface area contributed by atoms with E-state index < -0.39 is 0 Å². The standard InChI is InChI=1S/C9H18N2S/c1-7(2)8(3)12-5-4-9(11)6-10/h7-9H,4-5,11H2,1-3H3. The van der Waals surface area contributed by atoms with Crippen LogP contribution in [0.25, 0.3) is 0 Å². The lowest BCUT2D eigenvalue weighted by molar-refractivity contribution is 0.641. The van der Waals surface area contributed by atoms with Crippen molar-refractivity contribution in [1.82, 2.24) is 0 Å². The fourth-order valence-corrected chi connectivity index (χ4v) is 1.78. The van der Waals surface area contributed by atoms with E-state index in [1.807, 2.05) is 17.8 Å². The molecule has 0 radical (unpaired) electrons. The highest BCUT2D eigenvalue weighted by Gasteiger charge is 2.07. The molecule has 3 heteroatoms. The van der Waals surface area contributed by atoms with Crippen LogP contribution in [0.4, 0.5) is 0 Å². The first-order valence-corrected chi connectivity index (χ1v) is 5.39. The minimum Gasteiger partial charge on any atom is -0.316 e. The van der Waals surface area contributed by atoms with Gasteiger partial charge in [0.15, 0.2) is 0 Å². The van der Waals surface area contributed by atoms with Crippen molar-refractivity contribution in [3.63, 3.8) is 0 Å². The summed E-state index contributed by atoms with van der Waals surface area (Å²) in [7, 11) is 0. The Labute approximate surface area is 79.5 Å². The first-order chi connectivity index (χ1) is 5.57. The van der Waals surface area contributed by atoms with Gasteiger partial charge in [-0.05, 0) is 18.1 Å². The van der Waals surface area contributed by atoms with Gasteiger partial charge >= 0.3 is 0 Å². The summed E-state index contributed by atoms with van der Waals surface area (Å²) < 4.78 is 0. The van der Waals surface area contributed by atoms with Crippen LogP contribution in [0, 0.1) is 17.2 Å². The summed E-state index contributed by atoms with van der Waals surface area (Å²) in [6.45, 7) is 6.64. The van der Waals surface area contributed by atoms with Gasteiger partial charge in [-0.1, -0.05) is 20.8 Å². The van der Waals surface area contributed by atoms with E-state index in [1.54, 1.807) is 0 Å². The van der Waals surface area contributed by atoms with E-state index >= 15 is 0 Å². The summed E-state index contributed by atoms with van der Waals surface area (Å²) in [5, 5.41) is 9.09. The van der Waals surface area contributed by atoms with Crippen molar-refractivity contribution < 1.29 is 0 Å². The van der Waals surface area contributed by atoms with Gasteiger partial charge in [-0.15, -0.1) is 0 Å². The Morgan fingerprint density at radius 3 is 2.42 bits per heavy atom. The van der Waals surface area contributed by atoms with Crippen LogP contribution in [-0.2, 0) is 0 Å². The van der Waals surface area contributed by atoms with E-state index in [0.29, 0.717) is 11.2 Å². The average Bonchev–Trinajstić information content (AvgIpc) is 2.03. The van der Waals surface area contributed by atoms with Crippen molar-refractivity contribution in [3.05, 3.63) is 0 Å². The van der Waals surface area contributed by atoms with Gasteiger partial charge < -0.3 is 5.73 Å². The van der Waals surface area contributed by atoms with Crippen LogP contribution in [0.2, 0.25) is 0 Å². The molecule has 0 aliphatic rings. The zero-order chi connectivity index (χ0) is 9.56. The van der Waals surface area contributed by atoms with Gasteiger partial charge in [-0.3, -0.25) is 0 Å². The van der Waals surface area contributed by atoms with E-state index in [2.05, 4.69) is 20.8 Å². The Bertz CT molecular complexity index is 151. The van der Waals surface area contributed by atoms with Crippen molar-refractivity contribution in [2.24, 2.45) is 11.7 Å². The third-order valence-corrected chi connectivity index (χ3v) is 3.46. The molecule has 0 saturated carbocycles. The third-order valence-electron chi connectivity index (χ3n) is 1.91. The highest BCUT2D eigenvalue weighted by Crippen LogP contribution is 2.19. The fourth-order valence-electron chi connectivity index (χ4n) is 0.638. The molecule has 0 bridgehead atoms. The van der Waals surface area contributed by atoms with Crippen LogP contribution >= 0.6 is 11.8 Å². The van der Waals surface area contributed by atoms with Crippen LogP contribution < -0.4 is 5.73 Å². The largest absolute Gasteiger partial charge is 0.316 e. The van der Waals surface area contributed by atoms with Crippen molar-refractivity contribution in [2.75, 3.05) is 5.75 Å². The lowest BCUT2D eigenvalue weighted by atomic mass is 10.2. The molecule has 2 N–H and O–H groups in total. The summed E-state index contributed by atoms with van der Waals surface area (Å²) >= 11 is 1.90. The van der Waals surface area contributed by atoms with E-state index in [1.165, 1.54) is 0 Å². The number of nitriles is 1. The number of thioether (sulfide) groups is 1. The molecule has 2 nitrogen and oxygen atoms in total. The summed E-state index contributed by atoms with van der Waals surface area (Å²) in [4.78, 5) is 0. The second kappa shape index (κ2) is 6.33. The molecule has 2 unspecified atom stereocenters. The normalized spacial score (nSPS) is 15.7. The molecule has 0 spiro atoms. The quantitative estimate of drug-likeness (QED) is 0.714. The Balaban J connectivity index is 3.38. The molecule has 0 amide bonds. The summed E-state index contributed by atoms with van der Waals surface area (Å²) in [5.74, 6) is 1.70. The monoisotopic (exact) mass is 186 g/mol. The Morgan fingerprint density at radius 1 is 1.42 bits per heavy atom. The van der Waals surface area contributed by atoms with Crippen molar-refractivity contribution in [1.29, 1.82) is 5.26 Å². The number of hydrogen-bond donors (Lipinski definition) is 1. The van der Waals surface area contributed by atoms with Crippen LogP contribution in [0.5, 0.6) is 0 Å². The lowest BCUT2D eigenvalue weighted by Crippen LogP contribution is -2.18. The van der Waals surface area contributed by atoms with Gasteiger partial charge in [0.2, 0.25) is 0 Å². The van der Waals surface area contributed by atoms with Gasteiger partial charge in [0.05, 0.1) is 12.1 Å². The smallest absolute Gasteiger partial charge is 0.0935 e. The summed E-state index contributed by atoms with van der Waals surface area (Å²) in [6.07, 6.45) is 0.804. The SMILES string of the molecule is CC(C)C(C)SCCC(N)C#N. The maximum absolute atomic E-state index is 8.42. The zero-order valence-corrected chi connectivity index (χ0v) is 8.90. The van der Waals surface area contributed by atoms with Gasteiger partial charge in [0, 0.05) is 5.25 Å². The fraction of sp³-hybridized carbons (Fsp3) is 0.889. The van der Waals surface area contributed by atoms with Crippen LogP contribution in [0.15, 0.2) is 0 Å². The summed E-state index contributed by atoms with van der Waals surface area (Å²) in [6, 6.07) is 1.75. The molecule has 0 saturated heterocycles. The maximum atomic E-state index is 8.42. The lowest BCUT2D eigenvalue weighted by Gasteiger charge is -2.14. The Hall–Kier alpha value is -0.200. The second-order valence-corrected chi connectivity index (χ2v) is 4.83. The van der Waals surface area contributed by atoms with Gasteiger partial charge in [-0.2, -0.15) is 17.0 Å². The third kappa shape index (κ3) is 5.45. The number of nitrogens with zero attached hydrogens (tertiary/aromatic N) is 1. The van der Waals surface area contributed by atoms with Crippen molar-refractivity contribution in [2.45, 2.75) is 38.5 Å². The van der Waals surface area contributed by atoms with E-state index in [0.717, 1.165) is 12.2 Å². The van der Waals surface area contributed by atoms with Crippen LogP contribution in [0.3, 0.4) is 0 Å². The molecular weight excluding hydrogens is 168 g/mol. The molecule has 0 aromatic carbocycles. The molecule has 0 aliphatic heterocycles. The summed E-state index contributed by atoms with van der Waals surface area (Å²) in [5.41, 5.74) is 5.46. The van der Waals surface area contributed by atoms with Crippen LogP contribution in [-0.4, -0.2) is 17.0 Å². The number of rotatable bonds is 5. The van der Waals surface area contributed by atoms with E-state index in [9.17, 15) is 0 Å².